The highest BCUT2D eigenvalue weighted by Gasteiger charge is 2.21. The second-order valence-corrected chi connectivity index (χ2v) is 7.75. The summed E-state index contributed by atoms with van der Waals surface area (Å²) in [6.07, 6.45) is -0.121. The molecule has 1 N–H and O–H groups in total. The van der Waals surface area contributed by atoms with Crippen molar-refractivity contribution >= 4 is 17.6 Å². The summed E-state index contributed by atoms with van der Waals surface area (Å²) in [7, 11) is 1.33. The summed E-state index contributed by atoms with van der Waals surface area (Å²) in [6, 6.07) is 12.9. The van der Waals surface area contributed by atoms with Crippen molar-refractivity contribution in [2.45, 2.75) is 52.6 Å². The third-order valence-electron chi connectivity index (χ3n) is 4.66. The Hall–Kier alpha value is -2.82. The van der Waals surface area contributed by atoms with E-state index in [0.717, 1.165) is 0 Å². The summed E-state index contributed by atoms with van der Waals surface area (Å²) >= 11 is 0. The summed E-state index contributed by atoms with van der Waals surface area (Å²) in [5, 5.41) is 2.86. The van der Waals surface area contributed by atoms with Crippen molar-refractivity contribution in [3.05, 3.63) is 59.2 Å². The molecule has 0 saturated heterocycles. The molecule has 0 heterocycles. The van der Waals surface area contributed by atoms with Crippen molar-refractivity contribution in [3.63, 3.8) is 0 Å². The van der Waals surface area contributed by atoms with Crippen molar-refractivity contribution < 1.29 is 19.1 Å². The van der Waals surface area contributed by atoms with E-state index < -0.39 is 12.1 Å². The molecule has 0 aliphatic carbocycles. The van der Waals surface area contributed by atoms with Crippen LogP contribution in [0.2, 0.25) is 0 Å². The van der Waals surface area contributed by atoms with E-state index >= 15 is 0 Å². The Morgan fingerprint density at radius 1 is 1.07 bits per heavy atom. The standard InChI is InChI=1S/C23H29NO4/c1-7-20(28-17-13-11-16(12-14-17)23(3,4)5)21(25)24-19-10-8-9-18(15(19)2)22(26)27-6/h8-14,20H,7H2,1-6H3,(H,24,25). The molecule has 2 aromatic carbocycles. The van der Waals surface area contributed by atoms with Gasteiger partial charge in [-0.2, -0.15) is 0 Å². The minimum Gasteiger partial charge on any atom is -0.481 e. The molecule has 5 nitrogen and oxygen atoms in total. The molecule has 1 atom stereocenters. The van der Waals surface area contributed by atoms with Gasteiger partial charge in [0, 0.05) is 5.69 Å². The summed E-state index contributed by atoms with van der Waals surface area (Å²) in [4.78, 5) is 24.6. The normalized spacial score (nSPS) is 12.2. The van der Waals surface area contributed by atoms with E-state index in [1.165, 1.54) is 12.7 Å². The van der Waals surface area contributed by atoms with Crippen molar-refractivity contribution in [2.75, 3.05) is 12.4 Å². The molecule has 150 valence electrons. The van der Waals surface area contributed by atoms with Gasteiger partial charge in [-0.25, -0.2) is 4.79 Å². The van der Waals surface area contributed by atoms with E-state index in [9.17, 15) is 9.59 Å². The number of carbonyl (C=O) groups excluding carboxylic acids is 2. The molecule has 0 radical (unpaired) electrons. The Labute approximate surface area is 167 Å². The summed E-state index contributed by atoms with van der Waals surface area (Å²) in [5.41, 5.74) is 2.91. The average Bonchev–Trinajstić information content (AvgIpc) is 2.66. The summed E-state index contributed by atoms with van der Waals surface area (Å²) < 4.78 is 10.7. The minimum atomic E-state index is -0.637. The van der Waals surface area contributed by atoms with Crippen LogP contribution in [0, 0.1) is 6.92 Å². The number of rotatable bonds is 6. The SMILES string of the molecule is CCC(Oc1ccc(C(C)(C)C)cc1)C(=O)Nc1cccc(C(=O)OC)c1C. The molecule has 1 unspecified atom stereocenters. The summed E-state index contributed by atoms with van der Waals surface area (Å²) in [5.74, 6) is -0.0432. The molecule has 2 aromatic rings. The number of benzene rings is 2. The van der Waals surface area contributed by atoms with E-state index in [0.29, 0.717) is 29.0 Å². The van der Waals surface area contributed by atoms with Crippen LogP contribution < -0.4 is 10.1 Å². The first-order valence-electron chi connectivity index (χ1n) is 9.43. The van der Waals surface area contributed by atoms with Gasteiger partial charge in [0.2, 0.25) is 0 Å². The Morgan fingerprint density at radius 2 is 1.71 bits per heavy atom. The maximum atomic E-state index is 12.7. The second kappa shape index (κ2) is 8.91. The van der Waals surface area contributed by atoms with Gasteiger partial charge in [-0.3, -0.25) is 4.79 Å². The topological polar surface area (TPSA) is 64.6 Å². The van der Waals surface area contributed by atoms with Crippen LogP contribution in [0.1, 0.15) is 55.6 Å². The lowest BCUT2D eigenvalue weighted by molar-refractivity contribution is -0.122. The molecule has 0 aromatic heterocycles. The van der Waals surface area contributed by atoms with Gasteiger partial charge in [-0.1, -0.05) is 45.9 Å². The molecule has 0 bridgehead atoms. The number of amides is 1. The van der Waals surface area contributed by atoms with Gasteiger partial charge in [0.1, 0.15) is 5.75 Å². The van der Waals surface area contributed by atoms with Crippen LogP contribution in [0.3, 0.4) is 0 Å². The van der Waals surface area contributed by atoms with Crippen molar-refractivity contribution in [2.24, 2.45) is 0 Å². The molecule has 28 heavy (non-hydrogen) atoms. The van der Waals surface area contributed by atoms with Crippen LogP contribution in [0.5, 0.6) is 5.75 Å². The van der Waals surface area contributed by atoms with Crippen molar-refractivity contribution in [3.8, 4) is 5.75 Å². The van der Waals surface area contributed by atoms with Crippen LogP contribution >= 0.6 is 0 Å². The number of hydrogen-bond donors (Lipinski definition) is 1. The van der Waals surface area contributed by atoms with Gasteiger partial charge < -0.3 is 14.8 Å². The van der Waals surface area contributed by atoms with Crippen molar-refractivity contribution in [1.82, 2.24) is 0 Å². The lowest BCUT2D eigenvalue weighted by atomic mass is 9.87. The zero-order valence-corrected chi connectivity index (χ0v) is 17.5. The van der Waals surface area contributed by atoms with Crippen LogP contribution in [-0.4, -0.2) is 25.1 Å². The fourth-order valence-electron chi connectivity index (χ4n) is 2.84. The predicted molar refractivity (Wildman–Crippen MR) is 111 cm³/mol. The highest BCUT2D eigenvalue weighted by molar-refractivity contribution is 5.98. The molecule has 2 rings (SSSR count). The monoisotopic (exact) mass is 383 g/mol. The molecule has 0 spiro atoms. The van der Waals surface area contributed by atoms with Gasteiger partial charge in [-0.15, -0.1) is 0 Å². The van der Waals surface area contributed by atoms with Crippen LogP contribution in [0.15, 0.2) is 42.5 Å². The second-order valence-electron chi connectivity index (χ2n) is 7.75. The lowest BCUT2D eigenvalue weighted by Gasteiger charge is -2.21. The molecule has 0 fully saturated rings. The summed E-state index contributed by atoms with van der Waals surface area (Å²) in [6.45, 7) is 10.1. The van der Waals surface area contributed by atoms with Crippen LogP contribution in [0.25, 0.3) is 0 Å². The third-order valence-corrected chi connectivity index (χ3v) is 4.66. The number of carbonyl (C=O) groups is 2. The smallest absolute Gasteiger partial charge is 0.338 e. The number of esters is 1. The number of ether oxygens (including phenoxy) is 2. The fraction of sp³-hybridized carbons (Fsp3) is 0.391. The molecule has 0 aliphatic rings. The van der Waals surface area contributed by atoms with E-state index in [2.05, 4.69) is 26.1 Å². The van der Waals surface area contributed by atoms with Crippen LogP contribution in [0.4, 0.5) is 5.69 Å². The quantitative estimate of drug-likeness (QED) is 0.723. The highest BCUT2D eigenvalue weighted by Crippen LogP contribution is 2.25. The van der Waals surface area contributed by atoms with Gasteiger partial charge in [0.25, 0.3) is 5.91 Å². The predicted octanol–water partition coefficient (Wildman–Crippen LogP) is 4.88. The molecule has 0 saturated carbocycles. The molecular formula is C23H29NO4. The number of anilines is 1. The molecule has 1 amide bonds. The zero-order chi connectivity index (χ0) is 20.9. The maximum absolute atomic E-state index is 12.7. The largest absolute Gasteiger partial charge is 0.481 e. The van der Waals surface area contributed by atoms with Crippen molar-refractivity contribution in [1.29, 1.82) is 0 Å². The Bertz CT molecular complexity index is 835. The van der Waals surface area contributed by atoms with Gasteiger partial charge >= 0.3 is 5.97 Å². The van der Waals surface area contributed by atoms with E-state index in [4.69, 9.17) is 9.47 Å². The lowest BCUT2D eigenvalue weighted by Crippen LogP contribution is -2.32. The molecule has 0 aliphatic heterocycles. The van der Waals surface area contributed by atoms with Gasteiger partial charge in [0.05, 0.1) is 12.7 Å². The first-order chi connectivity index (χ1) is 13.2. The first-order valence-corrected chi connectivity index (χ1v) is 9.43. The number of nitrogens with one attached hydrogen (secondary N) is 1. The van der Waals surface area contributed by atoms with E-state index in [1.807, 2.05) is 31.2 Å². The van der Waals surface area contributed by atoms with Gasteiger partial charge in [-0.05, 0) is 54.2 Å². The Kier molecular flexibility index (Phi) is 6.84. The highest BCUT2D eigenvalue weighted by atomic mass is 16.5. The Balaban J connectivity index is 2.13. The zero-order valence-electron chi connectivity index (χ0n) is 17.5. The third kappa shape index (κ3) is 5.12. The van der Waals surface area contributed by atoms with E-state index in [1.54, 1.807) is 25.1 Å². The maximum Gasteiger partial charge on any atom is 0.338 e. The first kappa shape index (κ1) is 21.5. The van der Waals surface area contributed by atoms with Crippen LogP contribution in [-0.2, 0) is 14.9 Å². The minimum absolute atomic E-state index is 0.0578. The molecular weight excluding hydrogens is 354 g/mol. The fourth-order valence-corrected chi connectivity index (χ4v) is 2.84. The Morgan fingerprint density at radius 3 is 2.25 bits per heavy atom. The number of hydrogen-bond acceptors (Lipinski definition) is 4. The average molecular weight is 383 g/mol. The van der Waals surface area contributed by atoms with Gasteiger partial charge in [0.15, 0.2) is 6.10 Å². The number of methoxy groups -OCH3 is 1. The van der Waals surface area contributed by atoms with E-state index in [-0.39, 0.29) is 11.3 Å². The molecule has 5 heteroatoms.